The lowest BCUT2D eigenvalue weighted by Crippen LogP contribution is -2.33. The average Bonchev–Trinajstić information content (AvgIpc) is 3.21. The van der Waals surface area contributed by atoms with E-state index in [1.54, 1.807) is 39.6 Å². The molecule has 7 nitrogen and oxygen atoms in total. The highest BCUT2D eigenvalue weighted by Crippen LogP contribution is 2.13. The molecule has 1 aromatic carbocycles. The molecule has 0 saturated carbocycles. The van der Waals surface area contributed by atoms with Crippen molar-refractivity contribution in [3.8, 4) is 5.69 Å². The second-order valence-corrected chi connectivity index (χ2v) is 6.75. The Bertz CT molecular complexity index is 930. The van der Waals surface area contributed by atoms with Gasteiger partial charge in [0, 0.05) is 25.4 Å². The van der Waals surface area contributed by atoms with Crippen LogP contribution in [-0.4, -0.2) is 42.4 Å². The third-order valence-corrected chi connectivity index (χ3v) is 4.35. The summed E-state index contributed by atoms with van der Waals surface area (Å²) < 4.78 is 16.5. The molecule has 1 amide bonds. The van der Waals surface area contributed by atoms with Crippen molar-refractivity contribution in [2.24, 2.45) is 5.92 Å². The van der Waals surface area contributed by atoms with Gasteiger partial charge in [0.15, 0.2) is 0 Å². The van der Waals surface area contributed by atoms with Crippen molar-refractivity contribution in [3.05, 3.63) is 59.7 Å². The number of nitrogens with zero attached hydrogens (tertiary/aromatic N) is 6. The van der Waals surface area contributed by atoms with Crippen LogP contribution in [0.5, 0.6) is 0 Å². The van der Waals surface area contributed by atoms with Gasteiger partial charge in [-0.2, -0.15) is 10.2 Å². The van der Waals surface area contributed by atoms with Crippen molar-refractivity contribution in [3.63, 3.8) is 0 Å². The van der Waals surface area contributed by atoms with Crippen LogP contribution < -0.4 is 0 Å². The second kappa shape index (κ2) is 7.69. The van der Waals surface area contributed by atoms with Gasteiger partial charge in [0.2, 0.25) is 5.91 Å². The SMILES string of the molecule is Cc1nc(C)n(C[C@@H](C)C(=O)N(C)Cc2cnn(-c3ccc(F)cc3)c2)n1. The number of hydrogen-bond acceptors (Lipinski definition) is 4. The summed E-state index contributed by atoms with van der Waals surface area (Å²) in [5, 5.41) is 8.60. The van der Waals surface area contributed by atoms with E-state index in [0.29, 0.717) is 18.9 Å². The molecule has 0 aliphatic rings. The minimum atomic E-state index is -0.289. The molecule has 3 aromatic rings. The first-order valence-electron chi connectivity index (χ1n) is 8.76. The smallest absolute Gasteiger partial charge is 0.227 e. The van der Waals surface area contributed by atoms with E-state index in [1.165, 1.54) is 12.1 Å². The summed E-state index contributed by atoms with van der Waals surface area (Å²) in [5.74, 6) is 1.02. The molecule has 27 heavy (non-hydrogen) atoms. The molecule has 0 radical (unpaired) electrons. The number of halogens is 1. The third-order valence-electron chi connectivity index (χ3n) is 4.35. The zero-order valence-corrected chi connectivity index (χ0v) is 15.9. The van der Waals surface area contributed by atoms with E-state index in [4.69, 9.17) is 0 Å². The molecule has 0 N–H and O–H groups in total. The Kier molecular flexibility index (Phi) is 5.34. The first-order chi connectivity index (χ1) is 12.8. The first-order valence-corrected chi connectivity index (χ1v) is 8.76. The molecule has 0 fully saturated rings. The maximum atomic E-state index is 13.0. The number of aryl methyl sites for hydroxylation is 2. The summed E-state index contributed by atoms with van der Waals surface area (Å²) in [5.41, 5.74) is 1.66. The number of carbonyl (C=O) groups excluding carboxylic acids is 1. The van der Waals surface area contributed by atoms with E-state index in [2.05, 4.69) is 15.2 Å². The molecule has 0 aliphatic carbocycles. The molecule has 8 heteroatoms. The molecule has 0 bridgehead atoms. The summed E-state index contributed by atoms with van der Waals surface area (Å²) in [6.45, 7) is 6.54. The van der Waals surface area contributed by atoms with Gasteiger partial charge in [-0.25, -0.2) is 18.7 Å². The summed E-state index contributed by atoms with van der Waals surface area (Å²) in [4.78, 5) is 18.6. The molecular formula is C19H23FN6O. The zero-order valence-electron chi connectivity index (χ0n) is 15.9. The summed E-state index contributed by atoms with van der Waals surface area (Å²) in [7, 11) is 1.77. The van der Waals surface area contributed by atoms with Gasteiger partial charge in [-0.1, -0.05) is 6.92 Å². The fraction of sp³-hybridized carbons (Fsp3) is 0.368. The van der Waals surface area contributed by atoms with E-state index in [1.807, 2.05) is 27.0 Å². The van der Waals surface area contributed by atoms with Crippen molar-refractivity contribution in [2.45, 2.75) is 33.9 Å². The summed E-state index contributed by atoms with van der Waals surface area (Å²) in [6.07, 6.45) is 3.55. The van der Waals surface area contributed by atoms with E-state index < -0.39 is 0 Å². The van der Waals surface area contributed by atoms with Crippen LogP contribution in [0.15, 0.2) is 36.7 Å². The number of amides is 1. The van der Waals surface area contributed by atoms with Crippen LogP contribution >= 0.6 is 0 Å². The van der Waals surface area contributed by atoms with Crippen molar-refractivity contribution >= 4 is 5.91 Å². The molecule has 2 aromatic heterocycles. The molecule has 0 aliphatic heterocycles. The Labute approximate surface area is 157 Å². The topological polar surface area (TPSA) is 68.8 Å². The van der Waals surface area contributed by atoms with E-state index >= 15 is 0 Å². The number of rotatable bonds is 6. The largest absolute Gasteiger partial charge is 0.341 e. The van der Waals surface area contributed by atoms with Crippen LogP contribution in [0.1, 0.15) is 24.1 Å². The standard InChI is InChI=1S/C19H23FN6O/c1-13(10-25-15(3)22-14(2)23-25)19(27)24(4)11-16-9-21-26(12-16)18-7-5-17(20)6-8-18/h5-9,12-13H,10-11H2,1-4H3/t13-/m1/s1. The lowest BCUT2D eigenvalue weighted by molar-refractivity contribution is -0.134. The lowest BCUT2D eigenvalue weighted by Gasteiger charge is -2.21. The van der Waals surface area contributed by atoms with Crippen LogP contribution in [0.2, 0.25) is 0 Å². The second-order valence-electron chi connectivity index (χ2n) is 6.75. The van der Waals surface area contributed by atoms with Gasteiger partial charge in [-0.05, 0) is 38.1 Å². The Morgan fingerprint density at radius 2 is 1.96 bits per heavy atom. The van der Waals surface area contributed by atoms with Gasteiger partial charge in [-0.15, -0.1) is 0 Å². The van der Waals surface area contributed by atoms with Crippen LogP contribution in [0, 0.1) is 25.6 Å². The molecule has 3 rings (SSSR count). The Balaban J connectivity index is 1.62. The van der Waals surface area contributed by atoms with Crippen LogP contribution in [-0.2, 0) is 17.9 Å². The van der Waals surface area contributed by atoms with Crippen molar-refractivity contribution in [1.82, 2.24) is 29.4 Å². The maximum absolute atomic E-state index is 13.0. The minimum Gasteiger partial charge on any atom is -0.341 e. The fourth-order valence-corrected chi connectivity index (χ4v) is 2.98. The van der Waals surface area contributed by atoms with Gasteiger partial charge in [0.25, 0.3) is 0 Å². The van der Waals surface area contributed by atoms with Crippen LogP contribution in [0.4, 0.5) is 4.39 Å². The minimum absolute atomic E-state index is 0.0251. The van der Waals surface area contributed by atoms with Gasteiger partial charge in [0.1, 0.15) is 17.5 Å². The van der Waals surface area contributed by atoms with Crippen LogP contribution in [0.3, 0.4) is 0 Å². The fourth-order valence-electron chi connectivity index (χ4n) is 2.98. The van der Waals surface area contributed by atoms with Crippen molar-refractivity contribution < 1.29 is 9.18 Å². The van der Waals surface area contributed by atoms with Gasteiger partial charge >= 0.3 is 0 Å². The number of aromatic nitrogens is 5. The van der Waals surface area contributed by atoms with E-state index in [-0.39, 0.29) is 17.6 Å². The molecule has 1 atom stereocenters. The normalized spacial score (nSPS) is 12.2. The Morgan fingerprint density at radius 1 is 1.26 bits per heavy atom. The van der Waals surface area contributed by atoms with Gasteiger partial charge in [0.05, 0.1) is 24.3 Å². The van der Waals surface area contributed by atoms with Gasteiger partial charge < -0.3 is 4.90 Å². The predicted molar refractivity (Wildman–Crippen MR) is 98.7 cm³/mol. The predicted octanol–water partition coefficient (Wildman–Crippen LogP) is 2.51. The number of benzene rings is 1. The quantitative estimate of drug-likeness (QED) is 0.669. The zero-order chi connectivity index (χ0) is 19.6. The Hall–Kier alpha value is -3.03. The summed E-state index contributed by atoms with van der Waals surface area (Å²) >= 11 is 0. The molecule has 0 spiro atoms. The highest BCUT2D eigenvalue weighted by molar-refractivity contribution is 5.78. The molecule has 0 unspecified atom stereocenters. The monoisotopic (exact) mass is 370 g/mol. The van der Waals surface area contributed by atoms with Crippen molar-refractivity contribution in [1.29, 1.82) is 0 Å². The summed E-state index contributed by atoms with van der Waals surface area (Å²) in [6, 6.07) is 6.10. The lowest BCUT2D eigenvalue weighted by atomic mass is 10.1. The number of hydrogen-bond donors (Lipinski definition) is 0. The van der Waals surface area contributed by atoms with Crippen LogP contribution in [0.25, 0.3) is 5.69 Å². The van der Waals surface area contributed by atoms with E-state index in [9.17, 15) is 9.18 Å². The third kappa shape index (κ3) is 4.39. The molecule has 2 heterocycles. The molecular weight excluding hydrogens is 347 g/mol. The Morgan fingerprint density at radius 3 is 2.59 bits per heavy atom. The van der Waals surface area contributed by atoms with Gasteiger partial charge in [-0.3, -0.25) is 4.79 Å². The van der Waals surface area contributed by atoms with E-state index in [0.717, 1.165) is 17.1 Å². The maximum Gasteiger partial charge on any atom is 0.227 e. The molecule has 142 valence electrons. The first kappa shape index (κ1) is 18.8. The highest BCUT2D eigenvalue weighted by Gasteiger charge is 2.20. The average molecular weight is 370 g/mol. The highest BCUT2D eigenvalue weighted by atomic mass is 19.1. The molecule has 0 saturated heterocycles. The van der Waals surface area contributed by atoms with Crippen molar-refractivity contribution in [2.75, 3.05) is 7.05 Å². The number of carbonyl (C=O) groups is 1.